The van der Waals surface area contributed by atoms with Crippen LogP contribution >= 0.6 is 11.6 Å². The number of anilines is 1. The van der Waals surface area contributed by atoms with Crippen LogP contribution in [0.4, 0.5) is 10.3 Å². The van der Waals surface area contributed by atoms with Crippen LogP contribution in [0.25, 0.3) is 0 Å². The molecule has 1 fully saturated rings. The van der Waals surface area contributed by atoms with Crippen molar-refractivity contribution in [2.24, 2.45) is 0 Å². The molecule has 2 heterocycles. The first-order chi connectivity index (χ1) is 12.9. The normalized spacial score (nSPS) is 21.4. The largest absolute Gasteiger partial charge is 0.347 e. The van der Waals surface area contributed by atoms with E-state index in [2.05, 4.69) is 4.98 Å². The minimum absolute atomic E-state index is 0.0271. The van der Waals surface area contributed by atoms with Gasteiger partial charge in [0.1, 0.15) is 5.82 Å². The number of piperidine rings is 1. The SMILES string of the molecule is CN(C)c1ncc2c(n1)C1(CCCN(C(=O)c3ccc(Cl)c(F)c3)C1)CC2. The van der Waals surface area contributed by atoms with Gasteiger partial charge in [-0.2, -0.15) is 0 Å². The molecule has 1 amide bonds. The van der Waals surface area contributed by atoms with Gasteiger partial charge in [-0.1, -0.05) is 11.6 Å². The molecule has 0 radical (unpaired) electrons. The van der Waals surface area contributed by atoms with E-state index in [9.17, 15) is 9.18 Å². The van der Waals surface area contributed by atoms with Crippen LogP contribution in [-0.4, -0.2) is 48.0 Å². The molecule has 142 valence electrons. The van der Waals surface area contributed by atoms with Crippen molar-refractivity contribution in [1.29, 1.82) is 0 Å². The van der Waals surface area contributed by atoms with Crippen molar-refractivity contribution >= 4 is 23.5 Å². The van der Waals surface area contributed by atoms with Crippen molar-refractivity contribution < 1.29 is 9.18 Å². The maximum atomic E-state index is 13.8. The van der Waals surface area contributed by atoms with E-state index in [-0.39, 0.29) is 16.3 Å². The monoisotopic (exact) mass is 388 g/mol. The number of carbonyl (C=O) groups excluding carboxylic acids is 1. The first kappa shape index (κ1) is 18.2. The number of fused-ring (bicyclic) bond motifs is 2. The molecule has 5 nitrogen and oxygen atoms in total. The number of amides is 1. The Morgan fingerprint density at radius 2 is 2.15 bits per heavy atom. The van der Waals surface area contributed by atoms with Crippen LogP contribution in [0.2, 0.25) is 5.02 Å². The Bertz CT molecular complexity index is 900. The summed E-state index contributed by atoms with van der Waals surface area (Å²) in [4.78, 5) is 25.9. The number of carbonyl (C=O) groups is 1. The number of halogens is 2. The molecule has 0 saturated carbocycles. The molecular weight excluding hydrogens is 367 g/mol. The standard InChI is InChI=1S/C20H22ClFN4O/c1-25(2)19-23-11-14-6-8-20(17(14)24-19)7-3-9-26(12-20)18(27)13-4-5-15(21)16(22)10-13/h4-5,10-11H,3,6-9,12H2,1-2H3. The maximum Gasteiger partial charge on any atom is 0.253 e. The average Bonchev–Trinajstić information content (AvgIpc) is 3.00. The van der Waals surface area contributed by atoms with Gasteiger partial charge in [0.15, 0.2) is 0 Å². The van der Waals surface area contributed by atoms with Gasteiger partial charge in [-0.3, -0.25) is 4.79 Å². The minimum atomic E-state index is -0.566. The van der Waals surface area contributed by atoms with E-state index in [0.717, 1.165) is 31.4 Å². The van der Waals surface area contributed by atoms with Gasteiger partial charge in [0.25, 0.3) is 5.91 Å². The third-order valence-electron chi connectivity index (χ3n) is 5.66. The molecule has 1 aromatic heterocycles. The molecule has 0 bridgehead atoms. The number of nitrogens with zero attached hydrogens (tertiary/aromatic N) is 4. The summed E-state index contributed by atoms with van der Waals surface area (Å²) in [6.45, 7) is 1.28. The van der Waals surface area contributed by atoms with Crippen LogP contribution in [0.5, 0.6) is 0 Å². The third-order valence-corrected chi connectivity index (χ3v) is 5.96. The second-order valence-corrected chi connectivity index (χ2v) is 8.08. The molecule has 27 heavy (non-hydrogen) atoms. The molecule has 1 spiro atoms. The Labute approximate surface area is 163 Å². The lowest BCUT2D eigenvalue weighted by Crippen LogP contribution is -2.48. The van der Waals surface area contributed by atoms with Gasteiger partial charge >= 0.3 is 0 Å². The number of hydrogen-bond acceptors (Lipinski definition) is 4. The minimum Gasteiger partial charge on any atom is -0.347 e. The first-order valence-corrected chi connectivity index (χ1v) is 9.55. The van der Waals surface area contributed by atoms with Crippen molar-refractivity contribution in [2.45, 2.75) is 31.1 Å². The zero-order valence-corrected chi connectivity index (χ0v) is 16.3. The summed E-state index contributed by atoms with van der Waals surface area (Å²) in [5.41, 5.74) is 2.44. The van der Waals surface area contributed by atoms with Gasteiger partial charge in [0.05, 0.1) is 10.7 Å². The quantitative estimate of drug-likeness (QED) is 0.790. The van der Waals surface area contributed by atoms with Gasteiger partial charge in [-0.05, 0) is 49.4 Å². The van der Waals surface area contributed by atoms with Crippen molar-refractivity contribution in [3.63, 3.8) is 0 Å². The molecule has 4 rings (SSSR count). The molecule has 2 aliphatic rings. The van der Waals surface area contributed by atoms with Crippen molar-refractivity contribution in [3.8, 4) is 0 Å². The summed E-state index contributed by atoms with van der Waals surface area (Å²) >= 11 is 5.75. The Morgan fingerprint density at radius 3 is 2.89 bits per heavy atom. The fourth-order valence-electron chi connectivity index (χ4n) is 4.26. The highest BCUT2D eigenvalue weighted by Gasteiger charge is 2.45. The Balaban J connectivity index is 1.63. The van der Waals surface area contributed by atoms with Gasteiger partial charge in [0, 0.05) is 44.4 Å². The molecule has 1 saturated heterocycles. The van der Waals surface area contributed by atoms with Crippen LogP contribution in [-0.2, 0) is 11.8 Å². The van der Waals surface area contributed by atoms with Gasteiger partial charge in [0.2, 0.25) is 5.95 Å². The lowest BCUT2D eigenvalue weighted by atomic mass is 9.77. The lowest BCUT2D eigenvalue weighted by molar-refractivity contribution is 0.0633. The van der Waals surface area contributed by atoms with Crippen molar-refractivity contribution in [1.82, 2.24) is 14.9 Å². The second kappa shape index (κ2) is 6.75. The summed E-state index contributed by atoms with van der Waals surface area (Å²) in [5.74, 6) is -0.0259. The zero-order valence-electron chi connectivity index (χ0n) is 15.5. The number of aryl methyl sites for hydroxylation is 1. The lowest BCUT2D eigenvalue weighted by Gasteiger charge is -2.40. The number of hydrogen-bond donors (Lipinski definition) is 0. The van der Waals surface area contributed by atoms with Crippen molar-refractivity contribution in [2.75, 3.05) is 32.1 Å². The molecule has 1 aliphatic carbocycles. The van der Waals surface area contributed by atoms with Gasteiger partial charge < -0.3 is 9.80 Å². The predicted octanol–water partition coefficient (Wildman–Crippen LogP) is 3.46. The van der Waals surface area contributed by atoms with E-state index in [0.29, 0.717) is 24.6 Å². The highest BCUT2D eigenvalue weighted by Crippen LogP contribution is 2.44. The van der Waals surface area contributed by atoms with Crippen LogP contribution in [0.3, 0.4) is 0 Å². The molecule has 1 aromatic carbocycles. The maximum absolute atomic E-state index is 13.8. The number of rotatable bonds is 2. The summed E-state index contributed by atoms with van der Waals surface area (Å²) in [6.07, 6.45) is 5.72. The smallest absolute Gasteiger partial charge is 0.253 e. The van der Waals surface area contributed by atoms with E-state index in [1.807, 2.05) is 30.1 Å². The number of aromatic nitrogens is 2. The van der Waals surface area contributed by atoms with Crippen molar-refractivity contribution in [3.05, 3.63) is 52.1 Å². The summed E-state index contributed by atoms with van der Waals surface area (Å²) < 4.78 is 13.8. The first-order valence-electron chi connectivity index (χ1n) is 9.18. The molecule has 2 aromatic rings. The van der Waals surface area contributed by atoms with Crippen LogP contribution in [0.1, 0.15) is 40.9 Å². The van der Waals surface area contributed by atoms with E-state index in [1.54, 1.807) is 6.07 Å². The fourth-order valence-corrected chi connectivity index (χ4v) is 4.38. The Hall–Kier alpha value is -2.21. The fraction of sp³-hybridized carbons (Fsp3) is 0.450. The van der Waals surface area contributed by atoms with Gasteiger partial charge in [-0.25, -0.2) is 14.4 Å². The van der Waals surface area contributed by atoms with Crippen LogP contribution in [0.15, 0.2) is 24.4 Å². The summed E-state index contributed by atoms with van der Waals surface area (Å²) in [5, 5.41) is 0.0271. The highest BCUT2D eigenvalue weighted by atomic mass is 35.5. The predicted molar refractivity (Wildman–Crippen MR) is 103 cm³/mol. The Morgan fingerprint density at radius 1 is 1.33 bits per heavy atom. The molecule has 1 unspecified atom stereocenters. The molecule has 7 heteroatoms. The van der Waals surface area contributed by atoms with Gasteiger partial charge in [-0.15, -0.1) is 0 Å². The summed E-state index contributed by atoms with van der Waals surface area (Å²) in [7, 11) is 3.85. The summed E-state index contributed by atoms with van der Waals surface area (Å²) in [6, 6.07) is 4.25. The zero-order chi connectivity index (χ0) is 19.2. The Kier molecular flexibility index (Phi) is 4.54. The van der Waals surface area contributed by atoms with Crippen LogP contribution in [0, 0.1) is 5.82 Å². The number of benzene rings is 1. The topological polar surface area (TPSA) is 49.3 Å². The molecule has 0 N–H and O–H groups in total. The van der Waals surface area contributed by atoms with E-state index in [4.69, 9.17) is 16.6 Å². The molecular formula is C20H22ClFN4O. The molecule has 1 atom stereocenters. The van der Waals surface area contributed by atoms with E-state index < -0.39 is 5.82 Å². The number of likely N-dealkylation sites (tertiary alicyclic amines) is 1. The second-order valence-electron chi connectivity index (χ2n) is 7.68. The third kappa shape index (κ3) is 3.16. The van der Waals surface area contributed by atoms with Crippen LogP contribution < -0.4 is 4.90 Å². The molecule has 1 aliphatic heterocycles. The van der Waals surface area contributed by atoms with E-state index >= 15 is 0 Å². The average molecular weight is 389 g/mol. The van der Waals surface area contributed by atoms with E-state index in [1.165, 1.54) is 17.7 Å². The highest BCUT2D eigenvalue weighted by molar-refractivity contribution is 6.30.